The Morgan fingerprint density at radius 2 is 1.75 bits per heavy atom. The average molecular weight is 380 g/mol. The van der Waals surface area contributed by atoms with Gasteiger partial charge in [-0.15, -0.1) is 0 Å². The number of aromatic nitrogens is 2. The molecule has 1 unspecified atom stereocenters. The van der Waals surface area contributed by atoms with Crippen molar-refractivity contribution in [2.45, 2.75) is 39.2 Å². The summed E-state index contributed by atoms with van der Waals surface area (Å²) in [4.78, 5) is 24.4. The van der Waals surface area contributed by atoms with Crippen LogP contribution in [0.4, 0.5) is 0 Å². The second-order valence-electron chi connectivity index (χ2n) is 7.63. The van der Waals surface area contributed by atoms with Crippen LogP contribution in [0, 0.1) is 0 Å². The number of amides is 2. The van der Waals surface area contributed by atoms with E-state index in [9.17, 15) is 9.59 Å². The molecule has 1 heterocycles. The van der Waals surface area contributed by atoms with E-state index in [1.54, 1.807) is 13.0 Å². The van der Waals surface area contributed by atoms with Gasteiger partial charge >= 0.3 is 0 Å². The third kappa shape index (κ3) is 4.49. The summed E-state index contributed by atoms with van der Waals surface area (Å²) in [5.41, 5.74) is 5.60. The summed E-state index contributed by atoms with van der Waals surface area (Å²) in [7, 11) is 0. The first-order chi connectivity index (χ1) is 13.2. The van der Waals surface area contributed by atoms with Gasteiger partial charge in [-0.1, -0.05) is 51.1 Å². The molecule has 7 nitrogen and oxygen atoms in total. The Bertz CT molecular complexity index is 1000. The van der Waals surface area contributed by atoms with Crippen LogP contribution in [-0.2, 0) is 10.2 Å². The van der Waals surface area contributed by atoms with Crippen molar-refractivity contribution in [3.8, 4) is 5.75 Å². The molecule has 0 aliphatic carbocycles. The molecule has 0 aliphatic rings. The van der Waals surface area contributed by atoms with Crippen molar-refractivity contribution in [3.05, 3.63) is 59.9 Å². The molecule has 0 radical (unpaired) electrons. The van der Waals surface area contributed by atoms with E-state index in [2.05, 4.69) is 21.0 Å². The summed E-state index contributed by atoms with van der Waals surface area (Å²) >= 11 is 0. The van der Waals surface area contributed by atoms with Crippen molar-refractivity contribution < 1.29 is 14.3 Å². The summed E-state index contributed by atoms with van der Waals surface area (Å²) in [6, 6.07) is 15.2. The Morgan fingerprint density at radius 1 is 1.04 bits per heavy atom. The molecule has 0 fully saturated rings. The monoisotopic (exact) mass is 380 g/mol. The topological polar surface area (TPSA) is 96.1 Å². The van der Waals surface area contributed by atoms with E-state index < -0.39 is 17.9 Å². The van der Waals surface area contributed by atoms with Gasteiger partial charge in [-0.25, -0.2) is 0 Å². The molecule has 146 valence electrons. The van der Waals surface area contributed by atoms with Crippen LogP contribution in [0.5, 0.6) is 5.75 Å². The van der Waals surface area contributed by atoms with E-state index in [4.69, 9.17) is 4.74 Å². The molecule has 1 atom stereocenters. The average Bonchev–Trinajstić information content (AvgIpc) is 3.16. The Labute approximate surface area is 163 Å². The zero-order valence-corrected chi connectivity index (χ0v) is 16.4. The SMILES string of the molecule is CC(Oc1ccc2ccccc2c1)C(=O)NNC(=O)c1cc(C(C)(C)C)[nH]n1. The minimum absolute atomic E-state index is 0.156. The minimum Gasteiger partial charge on any atom is -0.481 e. The highest BCUT2D eigenvalue weighted by Crippen LogP contribution is 2.22. The number of H-pyrrole nitrogens is 1. The third-order valence-electron chi connectivity index (χ3n) is 4.32. The number of carbonyl (C=O) groups excluding carboxylic acids is 2. The lowest BCUT2D eigenvalue weighted by atomic mass is 9.92. The van der Waals surface area contributed by atoms with Crippen molar-refractivity contribution in [2.75, 3.05) is 0 Å². The molecule has 7 heteroatoms. The van der Waals surface area contributed by atoms with Crippen molar-refractivity contribution in [3.63, 3.8) is 0 Å². The smallest absolute Gasteiger partial charge is 0.290 e. The first kappa shape index (κ1) is 19.4. The van der Waals surface area contributed by atoms with E-state index in [1.165, 1.54) is 0 Å². The third-order valence-corrected chi connectivity index (χ3v) is 4.32. The number of fused-ring (bicyclic) bond motifs is 1. The Hall–Kier alpha value is -3.35. The second kappa shape index (κ2) is 7.72. The van der Waals surface area contributed by atoms with Gasteiger partial charge in [0, 0.05) is 11.1 Å². The van der Waals surface area contributed by atoms with E-state index in [0.717, 1.165) is 16.5 Å². The molecule has 0 spiro atoms. The summed E-state index contributed by atoms with van der Waals surface area (Å²) in [6.07, 6.45) is -0.786. The van der Waals surface area contributed by atoms with Crippen molar-refractivity contribution in [1.29, 1.82) is 0 Å². The molecule has 2 amide bonds. The Morgan fingerprint density at radius 3 is 2.43 bits per heavy atom. The van der Waals surface area contributed by atoms with Gasteiger partial charge in [0.2, 0.25) is 0 Å². The molecule has 3 aromatic rings. The minimum atomic E-state index is -0.786. The summed E-state index contributed by atoms with van der Waals surface area (Å²) in [5.74, 6) is -0.388. The molecule has 3 N–H and O–H groups in total. The van der Waals surface area contributed by atoms with Gasteiger partial charge < -0.3 is 4.74 Å². The van der Waals surface area contributed by atoms with Crippen LogP contribution in [0.3, 0.4) is 0 Å². The zero-order chi connectivity index (χ0) is 20.3. The van der Waals surface area contributed by atoms with Gasteiger partial charge in [0.25, 0.3) is 11.8 Å². The molecule has 0 bridgehead atoms. The van der Waals surface area contributed by atoms with E-state index in [1.807, 2.05) is 63.2 Å². The van der Waals surface area contributed by atoms with E-state index in [-0.39, 0.29) is 11.1 Å². The van der Waals surface area contributed by atoms with Crippen molar-refractivity contribution in [1.82, 2.24) is 21.0 Å². The second-order valence-corrected chi connectivity index (χ2v) is 7.63. The molecule has 0 saturated carbocycles. The number of benzene rings is 2. The fourth-order valence-corrected chi connectivity index (χ4v) is 2.60. The first-order valence-corrected chi connectivity index (χ1v) is 9.05. The van der Waals surface area contributed by atoms with E-state index in [0.29, 0.717) is 5.75 Å². The van der Waals surface area contributed by atoms with Gasteiger partial charge in [-0.2, -0.15) is 5.10 Å². The number of rotatable bonds is 4. The van der Waals surface area contributed by atoms with Gasteiger partial charge in [-0.05, 0) is 35.9 Å². The Kier molecular flexibility index (Phi) is 5.35. The molecule has 2 aromatic carbocycles. The van der Waals surface area contributed by atoms with Gasteiger partial charge in [0.15, 0.2) is 11.8 Å². The van der Waals surface area contributed by atoms with Crippen LogP contribution in [0.25, 0.3) is 10.8 Å². The fraction of sp³-hybridized carbons (Fsp3) is 0.286. The number of carbonyl (C=O) groups is 2. The number of ether oxygens (including phenoxy) is 1. The summed E-state index contributed by atoms with van der Waals surface area (Å²) in [6.45, 7) is 7.64. The van der Waals surface area contributed by atoms with Crippen LogP contribution in [-0.4, -0.2) is 28.1 Å². The largest absolute Gasteiger partial charge is 0.481 e. The van der Waals surface area contributed by atoms with Crippen LogP contribution in [0.1, 0.15) is 43.9 Å². The van der Waals surface area contributed by atoms with Crippen LogP contribution in [0.15, 0.2) is 48.5 Å². The standard InChI is InChI=1S/C21H24N4O3/c1-13(28-16-10-9-14-7-5-6-8-15(14)11-16)19(26)24-25-20(27)17-12-18(23-22-17)21(2,3)4/h5-13H,1-4H3,(H,22,23)(H,24,26)(H,25,27). The number of nitrogens with one attached hydrogen (secondary N) is 3. The Balaban J connectivity index is 1.56. The van der Waals surface area contributed by atoms with Crippen LogP contribution < -0.4 is 15.6 Å². The predicted molar refractivity (Wildman–Crippen MR) is 107 cm³/mol. The van der Waals surface area contributed by atoms with Crippen LogP contribution in [0.2, 0.25) is 0 Å². The van der Waals surface area contributed by atoms with Crippen LogP contribution >= 0.6 is 0 Å². The predicted octanol–water partition coefficient (Wildman–Crippen LogP) is 3.09. The molecule has 3 rings (SSSR count). The normalized spacial score (nSPS) is 12.4. The summed E-state index contributed by atoms with van der Waals surface area (Å²) < 4.78 is 5.69. The number of hydrogen-bond acceptors (Lipinski definition) is 4. The lowest BCUT2D eigenvalue weighted by molar-refractivity contribution is -0.128. The number of nitrogens with zero attached hydrogens (tertiary/aromatic N) is 1. The van der Waals surface area contributed by atoms with Gasteiger partial charge in [-0.3, -0.25) is 25.5 Å². The maximum Gasteiger partial charge on any atom is 0.290 e. The molecule has 0 aliphatic heterocycles. The quantitative estimate of drug-likeness (QED) is 0.606. The molecular weight excluding hydrogens is 356 g/mol. The molecule has 1 aromatic heterocycles. The fourth-order valence-electron chi connectivity index (χ4n) is 2.60. The van der Waals surface area contributed by atoms with Gasteiger partial charge in [0.05, 0.1) is 0 Å². The number of hydrazine groups is 1. The molecular formula is C21H24N4O3. The first-order valence-electron chi connectivity index (χ1n) is 9.05. The molecule has 28 heavy (non-hydrogen) atoms. The number of hydrogen-bond donors (Lipinski definition) is 3. The lowest BCUT2D eigenvalue weighted by Gasteiger charge is -2.15. The van der Waals surface area contributed by atoms with Gasteiger partial charge in [0.1, 0.15) is 5.75 Å². The lowest BCUT2D eigenvalue weighted by Crippen LogP contribution is -2.47. The zero-order valence-electron chi connectivity index (χ0n) is 16.4. The van der Waals surface area contributed by atoms with E-state index >= 15 is 0 Å². The maximum absolute atomic E-state index is 12.2. The van der Waals surface area contributed by atoms with Crippen molar-refractivity contribution >= 4 is 22.6 Å². The highest BCUT2D eigenvalue weighted by Gasteiger charge is 2.20. The molecule has 0 saturated heterocycles. The maximum atomic E-state index is 12.2. The number of aromatic amines is 1. The highest BCUT2D eigenvalue weighted by molar-refractivity contribution is 5.94. The van der Waals surface area contributed by atoms with Crippen molar-refractivity contribution in [2.24, 2.45) is 0 Å². The summed E-state index contributed by atoms with van der Waals surface area (Å²) in [5, 5.41) is 8.93. The highest BCUT2D eigenvalue weighted by atomic mass is 16.5.